The second kappa shape index (κ2) is 10.5. The molecule has 7 heteroatoms. The van der Waals surface area contributed by atoms with Gasteiger partial charge >= 0.3 is 0 Å². The van der Waals surface area contributed by atoms with Crippen LogP contribution in [0.15, 0.2) is 24.3 Å². The Morgan fingerprint density at radius 1 is 1.17 bits per heavy atom. The molecule has 0 bridgehead atoms. The highest BCUT2D eigenvalue weighted by Crippen LogP contribution is 2.32. The number of nitrogens with one attached hydrogen (secondary N) is 2. The van der Waals surface area contributed by atoms with Crippen LogP contribution in [0.5, 0.6) is 11.5 Å². The lowest BCUT2D eigenvalue weighted by atomic mass is 10.1. The number of aromatic nitrogens is 2. The monoisotopic (exact) mass is 413 g/mol. The summed E-state index contributed by atoms with van der Waals surface area (Å²) in [5, 5.41) is 6.33. The highest BCUT2D eigenvalue weighted by molar-refractivity contribution is 5.60. The predicted molar refractivity (Wildman–Crippen MR) is 122 cm³/mol. The Balaban J connectivity index is 1.66. The summed E-state index contributed by atoms with van der Waals surface area (Å²) >= 11 is 0. The SMILES string of the molecule is CCC(CC)N1CCC(COc2cc(Nc3nc(C)cc(NC)n3)ccc2OC)C1. The van der Waals surface area contributed by atoms with Gasteiger partial charge in [-0.1, -0.05) is 13.8 Å². The fourth-order valence-corrected chi connectivity index (χ4v) is 4.09. The van der Waals surface area contributed by atoms with Gasteiger partial charge in [-0.25, -0.2) is 4.98 Å². The average Bonchev–Trinajstić information content (AvgIpc) is 3.21. The Morgan fingerprint density at radius 2 is 1.97 bits per heavy atom. The molecule has 1 aromatic carbocycles. The zero-order chi connectivity index (χ0) is 21.5. The molecule has 0 amide bonds. The van der Waals surface area contributed by atoms with E-state index in [4.69, 9.17) is 9.47 Å². The smallest absolute Gasteiger partial charge is 0.229 e. The number of benzene rings is 1. The molecule has 1 aliphatic rings. The van der Waals surface area contributed by atoms with E-state index in [1.807, 2.05) is 38.2 Å². The van der Waals surface area contributed by atoms with Crippen LogP contribution in [-0.2, 0) is 0 Å². The fraction of sp³-hybridized carbons (Fsp3) is 0.565. The molecule has 0 aliphatic carbocycles. The van der Waals surface area contributed by atoms with Crippen molar-refractivity contribution < 1.29 is 9.47 Å². The summed E-state index contributed by atoms with van der Waals surface area (Å²) in [7, 11) is 3.51. The molecule has 1 atom stereocenters. The maximum absolute atomic E-state index is 6.21. The van der Waals surface area contributed by atoms with Gasteiger partial charge in [0.15, 0.2) is 11.5 Å². The third-order valence-electron chi connectivity index (χ3n) is 5.78. The summed E-state index contributed by atoms with van der Waals surface area (Å²) in [6.07, 6.45) is 3.60. The molecule has 3 rings (SSSR count). The van der Waals surface area contributed by atoms with Crippen molar-refractivity contribution >= 4 is 17.5 Å². The first-order chi connectivity index (χ1) is 14.6. The largest absolute Gasteiger partial charge is 0.493 e. The second-order valence-corrected chi connectivity index (χ2v) is 7.89. The lowest BCUT2D eigenvalue weighted by Gasteiger charge is -2.25. The molecular formula is C23H35N5O2. The highest BCUT2D eigenvalue weighted by Gasteiger charge is 2.27. The van der Waals surface area contributed by atoms with Gasteiger partial charge in [0.1, 0.15) is 5.82 Å². The van der Waals surface area contributed by atoms with Crippen LogP contribution < -0.4 is 20.1 Å². The maximum Gasteiger partial charge on any atom is 0.229 e. The van der Waals surface area contributed by atoms with Crippen LogP contribution in [0.3, 0.4) is 0 Å². The minimum Gasteiger partial charge on any atom is -0.493 e. The molecule has 1 unspecified atom stereocenters. The van der Waals surface area contributed by atoms with E-state index in [-0.39, 0.29) is 0 Å². The van der Waals surface area contributed by atoms with E-state index in [0.29, 0.717) is 24.5 Å². The first kappa shape index (κ1) is 22.2. The van der Waals surface area contributed by atoms with Crippen molar-refractivity contribution in [2.24, 2.45) is 5.92 Å². The molecule has 0 radical (unpaired) electrons. The Kier molecular flexibility index (Phi) is 7.74. The fourth-order valence-electron chi connectivity index (χ4n) is 4.09. The first-order valence-corrected chi connectivity index (χ1v) is 10.9. The van der Waals surface area contributed by atoms with Gasteiger partial charge in [0, 0.05) is 49.1 Å². The van der Waals surface area contributed by atoms with Crippen LogP contribution in [0.1, 0.15) is 38.8 Å². The van der Waals surface area contributed by atoms with Gasteiger partial charge in [-0.2, -0.15) is 4.98 Å². The van der Waals surface area contributed by atoms with Crippen LogP contribution in [0.25, 0.3) is 0 Å². The molecule has 2 heterocycles. The third-order valence-corrected chi connectivity index (χ3v) is 5.78. The average molecular weight is 414 g/mol. The third kappa shape index (κ3) is 5.53. The summed E-state index contributed by atoms with van der Waals surface area (Å²) in [4.78, 5) is 11.5. The topological polar surface area (TPSA) is 71.5 Å². The van der Waals surface area contributed by atoms with E-state index in [0.717, 1.165) is 41.8 Å². The van der Waals surface area contributed by atoms with Crippen LogP contribution >= 0.6 is 0 Å². The van der Waals surface area contributed by atoms with Crippen molar-refractivity contribution in [3.8, 4) is 11.5 Å². The van der Waals surface area contributed by atoms with Crippen molar-refractivity contribution in [1.82, 2.24) is 14.9 Å². The lowest BCUT2D eigenvalue weighted by Crippen LogP contribution is -2.32. The minimum absolute atomic E-state index is 0.546. The number of ether oxygens (including phenoxy) is 2. The van der Waals surface area contributed by atoms with E-state index in [9.17, 15) is 0 Å². The number of hydrogen-bond donors (Lipinski definition) is 2. The molecular weight excluding hydrogens is 378 g/mol. The summed E-state index contributed by atoms with van der Waals surface area (Å²) in [6, 6.07) is 8.41. The maximum atomic E-state index is 6.21. The number of likely N-dealkylation sites (tertiary alicyclic amines) is 1. The van der Waals surface area contributed by atoms with E-state index >= 15 is 0 Å². The normalized spacial score (nSPS) is 16.7. The van der Waals surface area contributed by atoms with E-state index in [2.05, 4.69) is 39.3 Å². The van der Waals surface area contributed by atoms with E-state index in [1.54, 1.807) is 7.11 Å². The van der Waals surface area contributed by atoms with Crippen LogP contribution in [0.2, 0.25) is 0 Å². The van der Waals surface area contributed by atoms with Crippen LogP contribution in [0.4, 0.5) is 17.5 Å². The number of nitrogens with zero attached hydrogens (tertiary/aromatic N) is 3. The number of hydrogen-bond acceptors (Lipinski definition) is 7. The molecule has 164 valence electrons. The first-order valence-electron chi connectivity index (χ1n) is 10.9. The lowest BCUT2D eigenvalue weighted by molar-refractivity contribution is 0.198. The molecule has 1 fully saturated rings. The molecule has 30 heavy (non-hydrogen) atoms. The van der Waals surface area contributed by atoms with Crippen LogP contribution in [-0.4, -0.2) is 54.8 Å². The Bertz CT molecular complexity index is 825. The molecule has 2 N–H and O–H groups in total. The standard InChI is InChI=1S/C23H35N5O2/c1-6-19(7-2)28-11-10-17(14-28)15-30-21-13-18(8-9-20(21)29-5)26-23-25-16(3)12-22(24-4)27-23/h8-9,12-13,17,19H,6-7,10-11,14-15H2,1-5H3,(H2,24,25,26,27). The summed E-state index contributed by atoms with van der Waals surface area (Å²) < 4.78 is 11.7. The van der Waals surface area contributed by atoms with Crippen molar-refractivity contribution in [3.63, 3.8) is 0 Å². The Hall–Kier alpha value is -2.54. The number of aryl methyl sites for hydroxylation is 1. The zero-order valence-corrected chi connectivity index (χ0v) is 18.9. The predicted octanol–water partition coefficient (Wildman–Crippen LogP) is 4.47. The molecule has 1 saturated heterocycles. The minimum atomic E-state index is 0.546. The highest BCUT2D eigenvalue weighted by atomic mass is 16.5. The molecule has 1 aliphatic heterocycles. The van der Waals surface area contributed by atoms with Gasteiger partial charge < -0.3 is 20.1 Å². The van der Waals surface area contributed by atoms with Gasteiger partial charge in [0.2, 0.25) is 5.95 Å². The second-order valence-electron chi connectivity index (χ2n) is 7.89. The Morgan fingerprint density at radius 3 is 2.67 bits per heavy atom. The van der Waals surface area contributed by atoms with Crippen molar-refractivity contribution in [2.45, 2.75) is 46.1 Å². The van der Waals surface area contributed by atoms with Gasteiger partial charge in [0.05, 0.1) is 13.7 Å². The summed E-state index contributed by atoms with van der Waals surface area (Å²) in [5.41, 5.74) is 1.76. The molecule has 0 spiro atoms. The van der Waals surface area contributed by atoms with Crippen molar-refractivity contribution in [2.75, 3.05) is 44.5 Å². The van der Waals surface area contributed by atoms with Gasteiger partial charge in [0.25, 0.3) is 0 Å². The number of methoxy groups -OCH3 is 1. The van der Waals surface area contributed by atoms with Gasteiger partial charge in [-0.3, -0.25) is 4.90 Å². The van der Waals surface area contributed by atoms with Gasteiger partial charge in [-0.15, -0.1) is 0 Å². The molecule has 1 aromatic heterocycles. The summed E-state index contributed by atoms with van der Waals surface area (Å²) in [6.45, 7) is 9.47. The van der Waals surface area contributed by atoms with Crippen molar-refractivity contribution in [1.29, 1.82) is 0 Å². The number of anilines is 3. The summed E-state index contributed by atoms with van der Waals surface area (Å²) in [5.74, 6) is 3.34. The van der Waals surface area contributed by atoms with E-state index < -0.39 is 0 Å². The Labute approximate surface area is 180 Å². The van der Waals surface area contributed by atoms with Crippen LogP contribution in [0, 0.1) is 12.8 Å². The molecule has 7 nitrogen and oxygen atoms in total. The van der Waals surface area contributed by atoms with Crippen molar-refractivity contribution in [3.05, 3.63) is 30.0 Å². The molecule has 0 saturated carbocycles. The quantitative estimate of drug-likeness (QED) is 0.595. The number of rotatable bonds is 10. The van der Waals surface area contributed by atoms with Gasteiger partial charge in [-0.05, 0) is 44.9 Å². The molecule has 2 aromatic rings. The van der Waals surface area contributed by atoms with E-state index in [1.165, 1.54) is 19.3 Å². The zero-order valence-electron chi connectivity index (χ0n) is 18.9.